The minimum absolute atomic E-state index is 0.681. The Morgan fingerprint density at radius 2 is 2.00 bits per heavy atom. The molecule has 0 bridgehead atoms. The summed E-state index contributed by atoms with van der Waals surface area (Å²) in [6.45, 7) is 4.42. The highest BCUT2D eigenvalue weighted by atomic mass is 14.8. The number of hydrogen-bond acceptors (Lipinski definition) is 1. The summed E-state index contributed by atoms with van der Waals surface area (Å²) in [6, 6.07) is 0.681. The van der Waals surface area contributed by atoms with E-state index in [2.05, 4.69) is 31.3 Å². The Labute approximate surface area is 77.2 Å². The van der Waals surface area contributed by atoms with Crippen molar-refractivity contribution in [3.8, 4) is 0 Å². The third kappa shape index (κ3) is 7.80. The van der Waals surface area contributed by atoms with E-state index in [1.54, 1.807) is 0 Å². The molecule has 0 spiro atoms. The Balaban J connectivity index is 3.05. The highest BCUT2D eigenvalue weighted by Crippen LogP contribution is 2.03. The van der Waals surface area contributed by atoms with Gasteiger partial charge in [0.05, 0.1) is 0 Å². The largest absolute Gasteiger partial charge is 0.317 e. The maximum Gasteiger partial charge on any atom is 0.00357 e. The van der Waals surface area contributed by atoms with Crippen LogP contribution in [0, 0.1) is 0 Å². The van der Waals surface area contributed by atoms with Gasteiger partial charge in [0, 0.05) is 6.04 Å². The molecule has 0 rings (SSSR count). The van der Waals surface area contributed by atoms with E-state index in [0.717, 1.165) is 0 Å². The zero-order chi connectivity index (χ0) is 9.23. The molecule has 0 fully saturated rings. The molecule has 0 radical (unpaired) electrons. The first kappa shape index (κ1) is 11.7. The van der Waals surface area contributed by atoms with Crippen molar-refractivity contribution in [2.45, 2.75) is 52.0 Å². The molecule has 0 saturated heterocycles. The summed E-state index contributed by atoms with van der Waals surface area (Å²) in [7, 11) is 2.03. The predicted octanol–water partition coefficient (Wildman–Crippen LogP) is 3.12. The third-order valence-electron chi connectivity index (χ3n) is 2.15. The van der Waals surface area contributed by atoms with E-state index < -0.39 is 0 Å². The average Bonchev–Trinajstić information content (AvgIpc) is 2.10. The number of allylic oxidation sites excluding steroid dienone is 2. The second kappa shape index (κ2) is 8.79. The molecule has 0 aliphatic heterocycles. The van der Waals surface area contributed by atoms with Crippen molar-refractivity contribution in [1.29, 1.82) is 0 Å². The summed E-state index contributed by atoms with van der Waals surface area (Å²) < 4.78 is 0. The third-order valence-corrected chi connectivity index (χ3v) is 2.15. The van der Waals surface area contributed by atoms with Crippen molar-refractivity contribution in [3.05, 3.63) is 12.2 Å². The lowest BCUT2D eigenvalue weighted by molar-refractivity contribution is 0.530. The lowest BCUT2D eigenvalue weighted by Crippen LogP contribution is -2.20. The summed E-state index contributed by atoms with van der Waals surface area (Å²) >= 11 is 0. The van der Waals surface area contributed by atoms with Crippen molar-refractivity contribution in [2.24, 2.45) is 0 Å². The fourth-order valence-electron chi connectivity index (χ4n) is 1.14. The van der Waals surface area contributed by atoms with Crippen molar-refractivity contribution in [2.75, 3.05) is 7.05 Å². The van der Waals surface area contributed by atoms with Gasteiger partial charge in [0.25, 0.3) is 0 Å². The average molecular weight is 169 g/mol. The zero-order valence-electron chi connectivity index (χ0n) is 8.77. The lowest BCUT2D eigenvalue weighted by Gasteiger charge is -2.07. The quantitative estimate of drug-likeness (QED) is 0.456. The van der Waals surface area contributed by atoms with Gasteiger partial charge in [-0.3, -0.25) is 0 Å². The zero-order valence-corrected chi connectivity index (χ0v) is 8.77. The fraction of sp³-hybridized carbons (Fsp3) is 0.818. The summed E-state index contributed by atoms with van der Waals surface area (Å²) in [5, 5.41) is 3.25. The van der Waals surface area contributed by atoms with Crippen molar-refractivity contribution in [3.63, 3.8) is 0 Å². The topological polar surface area (TPSA) is 12.0 Å². The highest BCUT2D eigenvalue weighted by Gasteiger charge is 1.95. The molecule has 0 aliphatic carbocycles. The van der Waals surface area contributed by atoms with Gasteiger partial charge in [-0.05, 0) is 39.7 Å². The minimum atomic E-state index is 0.681. The van der Waals surface area contributed by atoms with Crippen molar-refractivity contribution < 1.29 is 0 Å². The van der Waals surface area contributed by atoms with Gasteiger partial charge >= 0.3 is 0 Å². The highest BCUT2D eigenvalue weighted by molar-refractivity contribution is 4.79. The second-order valence-electron chi connectivity index (χ2n) is 3.35. The molecule has 0 aromatic heterocycles. The summed E-state index contributed by atoms with van der Waals surface area (Å²) in [5.41, 5.74) is 0. The SMILES string of the molecule is CC/C=C/CCCCC(C)NC. The van der Waals surface area contributed by atoms with Crippen LogP contribution in [0.25, 0.3) is 0 Å². The molecule has 0 aliphatic rings. The van der Waals surface area contributed by atoms with E-state index in [0.29, 0.717) is 6.04 Å². The van der Waals surface area contributed by atoms with Crippen LogP contribution >= 0.6 is 0 Å². The van der Waals surface area contributed by atoms with E-state index in [4.69, 9.17) is 0 Å². The van der Waals surface area contributed by atoms with Gasteiger partial charge in [-0.1, -0.05) is 25.5 Å². The van der Waals surface area contributed by atoms with Gasteiger partial charge in [0.15, 0.2) is 0 Å². The molecule has 0 aromatic carbocycles. The van der Waals surface area contributed by atoms with Crippen LogP contribution in [0.5, 0.6) is 0 Å². The first-order valence-corrected chi connectivity index (χ1v) is 5.13. The molecule has 0 amide bonds. The van der Waals surface area contributed by atoms with Crippen molar-refractivity contribution in [1.82, 2.24) is 5.32 Å². The van der Waals surface area contributed by atoms with Gasteiger partial charge in [0.1, 0.15) is 0 Å². The van der Waals surface area contributed by atoms with Crippen LogP contribution < -0.4 is 5.32 Å². The maximum atomic E-state index is 3.25. The first-order valence-electron chi connectivity index (χ1n) is 5.13. The Morgan fingerprint density at radius 1 is 1.25 bits per heavy atom. The van der Waals surface area contributed by atoms with Crippen LogP contribution in [-0.4, -0.2) is 13.1 Å². The van der Waals surface area contributed by atoms with Crippen LogP contribution in [-0.2, 0) is 0 Å². The molecule has 1 atom stereocenters. The molecule has 0 aromatic rings. The van der Waals surface area contributed by atoms with Crippen molar-refractivity contribution >= 4 is 0 Å². The maximum absolute atomic E-state index is 3.25. The van der Waals surface area contributed by atoms with Gasteiger partial charge in [-0.25, -0.2) is 0 Å². The summed E-state index contributed by atoms with van der Waals surface area (Å²) in [4.78, 5) is 0. The molecule has 0 heterocycles. The molecule has 1 heteroatoms. The monoisotopic (exact) mass is 169 g/mol. The Kier molecular flexibility index (Phi) is 8.57. The smallest absolute Gasteiger partial charge is 0.00357 e. The Hall–Kier alpha value is -0.300. The molecular weight excluding hydrogens is 146 g/mol. The first-order chi connectivity index (χ1) is 5.81. The molecule has 72 valence electrons. The van der Waals surface area contributed by atoms with Crippen LogP contribution in [0.1, 0.15) is 46.0 Å². The van der Waals surface area contributed by atoms with E-state index in [1.807, 2.05) is 7.05 Å². The molecule has 1 nitrogen and oxygen atoms in total. The lowest BCUT2D eigenvalue weighted by atomic mass is 10.1. The Morgan fingerprint density at radius 3 is 2.58 bits per heavy atom. The minimum Gasteiger partial charge on any atom is -0.317 e. The van der Waals surface area contributed by atoms with E-state index in [-0.39, 0.29) is 0 Å². The van der Waals surface area contributed by atoms with E-state index in [1.165, 1.54) is 32.1 Å². The molecule has 1 N–H and O–H groups in total. The normalized spacial score (nSPS) is 13.9. The van der Waals surface area contributed by atoms with E-state index >= 15 is 0 Å². The number of unbranched alkanes of at least 4 members (excludes halogenated alkanes) is 2. The number of rotatable bonds is 7. The fourth-order valence-corrected chi connectivity index (χ4v) is 1.14. The number of nitrogens with one attached hydrogen (secondary N) is 1. The van der Waals surface area contributed by atoms with Gasteiger partial charge in [0.2, 0.25) is 0 Å². The van der Waals surface area contributed by atoms with Gasteiger partial charge in [-0.15, -0.1) is 0 Å². The van der Waals surface area contributed by atoms with E-state index in [9.17, 15) is 0 Å². The van der Waals surface area contributed by atoms with Crippen LogP contribution in [0.2, 0.25) is 0 Å². The standard InChI is InChI=1S/C11H23N/c1-4-5-6-7-8-9-10-11(2)12-3/h5-6,11-12H,4,7-10H2,1-3H3/b6-5+. The molecule has 0 saturated carbocycles. The number of hydrogen-bond donors (Lipinski definition) is 1. The van der Waals surface area contributed by atoms with Crippen LogP contribution in [0.3, 0.4) is 0 Å². The molecule has 12 heavy (non-hydrogen) atoms. The second-order valence-corrected chi connectivity index (χ2v) is 3.35. The van der Waals surface area contributed by atoms with Crippen LogP contribution in [0.4, 0.5) is 0 Å². The summed E-state index contributed by atoms with van der Waals surface area (Å²) in [6.07, 6.45) is 11.0. The molecular formula is C11H23N. The van der Waals surface area contributed by atoms with Gasteiger partial charge in [-0.2, -0.15) is 0 Å². The molecule has 1 unspecified atom stereocenters. The van der Waals surface area contributed by atoms with Gasteiger partial charge < -0.3 is 5.32 Å². The van der Waals surface area contributed by atoms with Crippen LogP contribution in [0.15, 0.2) is 12.2 Å². The predicted molar refractivity (Wildman–Crippen MR) is 56.4 cm³/mol. The Bertz CT molecular complexity index is 108. The summed E-state index contributed by atoms with van der Waals surface area (Å²) in [5.74, 6) is 0.